The van der Waals surface area contributed by atoms with Gasteiger partial charge in [0.15, 0.2) is 0 Å². The van der Waals surface area contributed by atoms with E-state index in [-0.39, 0.29) is 29.9 Å². The number of fused-ring (bicyclic) bond motifs is 2. The first-order valence-electron chi connectivity index (χ1n) is 9.15. The Morgan fingerprint density at radius 2 is 1.89 bits per heavy atom. The van der Waals surface area contributed by atoms with Gasteiger partial charge in [-0.1, -0.05) is 11.6 Å². The quantitative estimate of drug-likeness (QED) is 0.691. The lowest BCUT2D eigenvalue weighted by Crippen LogP contribution is -2.43. The number of halogens is 2. The van der Waals surface area contributed by atoms with Crippen molar-refractivity contribution < 1.29 is 9.59 Å². The van der Waals surface area contributed by atoms with Gasteiger partial charge in [-0.25, -0.2) is 4.79 Å². The van der Waals surface area contributed by atoms with Crippen LogP contribution in [0.2, 0.25) is 5.02 Å². The minimum absolute atomic E-state index is 0. The van der Waals surface area contributed by atoms with Crippen LogP contribution in [0.5, 0.6) is 0 Å². The smallest absolute Gasteiger partial charge is 0.319 e. The van der Waals surface area contributed by atoms with Gasteiger partial charge in [0.05, 0.1) is 10.6 Å². The third-order valence-corrected chi connectivity index (χ3v) is 5.08. The number of rotatable bonds is 2. The first-order chi connectivity index (χ1) is 12.2. The monoisotopic (exact) mass is 414 g/mol. The zero-order chi connectivity index (χ0) is 18.9. The van der Waals surface area contributed by atoms with E-state index in [1.54, 1.807) is 18.2 Å². The van der Waals surface area contributed by atoms with E-state index in [1.807, 2.05) is 25.7 Å². The molecule has 150 valence electrons. The van der Waals surface area contributed by atoms with Crippen LogP contribution in [0.3, 0.4) is 0 Å². The van der Waals surface area contributed by atoms with Crippen molar-refractivity contribution in [2.75, 3.05) is 18.4 Å². The largest absolute Gasteiger partial charge is 0.337 e. The van der Waals surface area contributed by atoms with E-state index in [0.717, 1.165) is 19.4 Å². The van der Waals surface area contributed by atoms with E-state index in [2.05, 4.69) is 16.0 Å². The minimum Gasteiger partial charge on any atom is -0.337 e. The maximum atomic E-state index is 13.0. The number of amides is 3. The fourth-order valence-electron chi connectivity index (χ4n) is 3.57. The highest BCUT2D eigenvalue weighted by Gasteiger charge is 2.32. The minimum atomic E-state index is -0.340. The normalized spacial score (nSPS) is 21.9. The van der Waals surface area contributed by atoms with Crippen molar-refractivity contribution in [3.8, 4) is 0 Å². The highest BCUT2D eigenvalue weighted by atomic mass is 35.5. The molecule has 3 N–H and O–H groups in total. The molecule has 2 heterocycles. The maximum Gasteiger partial charge on any atom is 0.319 e. The molecule has 2 unspecified atom stereocenters. The molecule has 1 aromatic rings. The van der Waals surface area contributed by atoms with E-state index in [0.29, 0.717) is 34.9 Å². The summed E-state index contributed by atoms with van der Waals surface area (Å²) in [4.78, 5) is 26.9. The molecule has 0 spiro atoms. The van der Waals surface area contributed by atoms with Crippen molar-refractivity contribution in [1.29, 1.82) is 0 Å². The van der Waals surface area contributed by atoms with Crippen LogP contribution >= 0.6 is 24.0 Å². The number of carbonyl (C=O) groups is 2. The van der Waals surface area contributed by atoms with Gasteiger partial charge in [0.1, 0.15) is 0 Å². The number of hydrogen-bond donors (Lipinski definition) is 3. The molecule has 0 aliphatic carbocycles. The second kappa shape index (κ2) is 8.67. The molecular formula is C19H28Cl2N4O2. The van der Waals surface area contributed by atoms with Gasteiger partial charge in [-0.3, -0.25) is 4.79 Å². The van der Waals surface area contributed by atoms with Crippen LogP contribution in [-0.2, 0) is 0 Å². The molecule has 1 aromatic carbocycles. The lowest BCUT2D eigenvalue weighted by atomic mass is 10.1. The highest BCUT2D eigenvalue weighted by Crippen LogP contribution is 2.26. The second-order valence-electron chi connectivity index (χ2n) is 8.20. The predicted octanol–water partition coefficient (Wildman–Crippen LogP) is 3.65. The van der Waals surface area contributed by atoms with Crippen molar-refractivity contribution in [1.82, 2.24) is 15.5 Å². The molecule has 3 amide bonds. The van der Waals surface area contributed by atoms with Crippen molar-refractivity contribution in [3.05, 3.63) is 28.8 Å². The van der Waals surface area contributed by atoms with E-state index in [9.17, 15) is 9.59 Å². The van der Waals surface area contributed by atoms with Crippen LogP contribution in [0.15, 0.2) is 18.2 Å². The second-order valence-corrected chi connectivity index (χ2v) is 8.61. The predicted molar refractivity (Wildman–Crippen MR) is 111 cm³/mol. The molecule has 3 rings (SSSR count). The van der Waals surface area contributed by atoms with E-state index in [1.165, 1.54) is 6.42 Å². The fraction of sp³-hybridized carbons (Fsp3) is 0.579. The van der Waals surface area contributed by atoms with Crippen LogP contribution < -0.4 is 16.0 Å². The lowest BCUT2D eigenvalue weighted by Gasteiger charge is -2.25. The van der Waals surface area contributed by atoms with Gasteiger partial charge in [0.25, 0.3) is 5.91 Å². The summed E-state index contributed by atoms with van der Waals surface area (Å²) in [6, 6.07) is 5.58. The Labute approximate surface area is 171 Å². The van der Waals surface area contributed by atoms with Crippen molar-refractivity contribution >= 4 is 41.6 Å². The van der Waals surface area contributed by atoms with Gasteiger partial charge in [-0.15, -0.1) is 12.4 Å². The van der Waals surface area contributed by atoms with Crippen molar-refractivity contribution in [2.24, 2.45) is 0 Å². The molecule has 0 saturated carbocycles. The molecule has 0 radical (unpaired) electrons. The maximum absolute atomic E-state index is 13.0. The molecule has 2 atom stereocenters. The van der Waals surface area contributed by atoms with Gasteiger partial charge in [0.2, 0.25) is 0 Å². The standard InChI is InChI=1S/C19H27ClN4O2.ClH/c1-19(2,3)23-18(26)22-13-6-7-16(20)15(10-13)17(25)24-9-8-12-4-5-14(11-24)21-12;/h6-7,10,12,14,21H,4-5,8-9,11H2,1-3H3,(H2,22,23,26);1H. The number of carbonyl (C=O) groups excluding carboxylic acids is 2. The third kappa shape index (κ3) is 5.74. The van der Waals surface area contributed by atoms with Crippen molar-refractivity contribution in [2.45, 2.75) is 57.7 Å². The Hall–Kier alpha value is -1.50. The molecular weight excluding hydrogens is 387 g/mol. The molecule has 8 heteroatoms. The van der Waals surface area contributed by atoms with E-state index < -0.39 is 0 Å². The molecule has 0 aromatic heterocycles. The topological polar surface area (TPSA) is 73.5 Å². The summed E-state index contributed by atoms with van der Waals surface area (Å²) < 4.78 is 0. The first-order valence-corrected chi connectivity index (χ1v) is 9.53. The Balaban J connectivity index is 0.00000261. The van der Waals surface area contributed by atoms with E-state index in [4.69, 9.17) is 11.6 Å². The summed E-state index contributed by atoms with van der Waals surface area (Å²) in [6.45, 7) is 7.15. The zero-order valence-corrected chi connectivity index (χ0v) is 17.5. The number of nitrogens with one attached hydrogen (secondary N) is 3. The number of urea groups is 1. The number of anilines is 1. The van der Waals surface area contributed by atoms with Gasteiger partial charge in [0, 0.05) is 36.4 Å². The average molecular weight is 415 g/mol. The third-order valence-electron chi connectivity index (χ3n) is 4.75. The van der Waals surface area contributed by atoms with Gasteiger partial charge in [-0.2, -0.15) is 0 Å². The summed E-state index contributed by atoms with van der Waals surface area (Å²) in [5, 5.41) is 9.58. The van der Waals surface area contributed by atoms with E-state index >= 15 is 0 Å². The van der Waals surface area contributed by atoms with Crippen molar-refractivity contribution in [3.63, 3.8) is 0 Å². The Morgan fingerprint density at radius 3 is 2.59 bits per heavy atom. The molecule has 2 aliphatic rings. The summed E-state index contributed by atoms with van der Waals surface area (Å²) >= 11 is 6.28. The summed E-state index contributed by atoms with van der Waals surface area (Å²) in [6.07, 6.45) is 3.26. The number of benzene rings is 1. The lowest BCUT2D eigenvalue weighted by molar-refractivity contribution is 0.0748. The van der Waals surface area contributed by atoms with Gasteiger partial charge < -0.3 is 20.9 Å². The molecule has 27 heavy (non-hydrogen) atoms. The van der Waals surface area contributed by atoms with Crippen LogP contribution in [0, 0.1) is 0 Å². The van der Waals surface area contributed by atoms with Gasteiger partial charge >= 0.3 is 6.03 Å². The Morgan fingerprint density at radius 1 is 1.19 bits per heavy atom. The zero-order valence-electron chi connectivity index (χ0n) is 16.0. The molecule has 2 saturated heterocycles. The first kappa shape index (κ1) is 21.8. The molecule has 2 aliphatic heterocycles. The number of likely N-dealkylation sites (tertiary alicyclic amines) is 1. The van der Waals surface area contributed by atoms with Gasteiger partial charge in [-0.05, 0) is 58.2 Å². The average Bonchev–Trinajstić information content (AvgIpc) is 2.86. The Kier molecular flexibility index (Phi) is 7.00. The van der Waals surface area contributed by atoms with Crippen LogP contribution in [-0.4, -0.2) is 47.6 Å². The van der Waals surface area contributed by atoms with Crippen LogP contribution in [0.1, 0.15) is 50.4 Å². The SMILES string of the molecule is CC(C)(C)NC(=O)Nc1ccc(Cl)c(C(=O)N2CCC3CCC(C2)N3)c1.Cl. The molecule has 2 fully saturated rings. The number of hydrogen-bond acceptors (Lipinski definition) is 3. The fourth-order valence-corrected chi connectivity index (χ4v) is 3.77. The Bertz CT molecular complexity index is 705. The highest BCUT2D eigenvalue weighted by molar-refractivity contribution is 6.34. The summed E-state index contributed by atoms with van der Waals surface area (Å²) in [5.41, 5.74) is 0.639. The number of nitrogens with zero attached hydrogens (tertiary/aromatic N) is 1. The van der Waals surface area contributed by atoms with Crippen LogP contribution in [0.25, 0.3) is 0 Å². The molecule has 6 nitrogen and oxygen atoms in total. The summed E-state index contributed by atoms with van der Waals surface area (Å²) in [5.74, 6) is -0.0794. The van der Waals surface area contributed by atoms with Crippen LogP contribution in [0.4, 0.5) is 10.5 Å². The summed E-state index contributed by atoms with van der Waals surface area (Å²) in [7, 11) is 0. The molecule has 2 bridgehead atoms.